The molecule has 0 bridgehead atoms. The van der Waals surface area contributed by atoms with Crippen molar-refractivity contribution in [3.8, 4) is 11.5 Å². The number of likely N-dealkylation sites (N-methyl/N-ethyl adjacent to an activating group) is 1. The van der Waals surface area contributed by atoms with Crippen LogP contribution in [0.3, 0.4) is 0 Å². The lowest BCUT2D eigenvalue weighted by Gasteiger charge is -2.54. The second-order valence-corrected chi connectivity index (χ2v) is 12.3. The lowest BCUT2D eigenvalue weighted by atomic mass is 9.68. The second-order valence-electron chi connectivity index (χ2n) is 12.3. The van der Waals surface area contributed by atoms with E-state index < -0.39 is 11.2 Å². The molecule has 1 N–H and O–H groups in total. The highest BCUT2D eigenvalue weighted by atomic mass is 16.6. The number of fused-ring (bicyclic) bond motifs is 4. The predicted octanol–water partition coefficient (Wildman–Crippen LogP) is 5.41. The van der Waals surface area contributed by atoms with Gasteiger partial charge in [-0.2, -0.15) is 0 Å². The molecule has 1 aromatic rings. The van der Waals surface area contributed by atoms with Crippen molar-refractivity contribution in [1.82, 2.24) is 10.2 Å². The third kappa shape index (κ3) is 6.28. The number of hydrogen-bond donors (Lipinski definition) is 1. The van der Waals surface area contributed by atoms with Crippen LogP contribution in [0.2, 0.25) is 0 Å². The number of ether oxygens (including phenoxy) is 4. The van der Waals surface area contributed by atoms with Gasteiger partial charge in [0.05, 0.1) is 12.2 Å². The number of likely N-dealkylation sites (tertiary alicyclic amines) is 1. The largest absolute Gasteiger partial charge is 0.483 e. The number of amides is 2. The summed E-state index contributed by atoms with van der Waals surface area (Å²) in [6.07, 6.45) is 5.26. The van der Waals surface area contributed by atoms with Crippen molar-refractivity contribution in [3.63, 3.8) is 0 Å². The van der Waals surface area contributed by atoms with Crippen LogP contribution in [0.4, 0.5) is 4.79 Å². The van der Waals surface area contributed by atoms with Crippen LogP contribution in [0.5, 0.6) is 11.5 Å². The fourth-order valence-electron chi connectivity index (χ4n) is 5.89. The topological polar surface area (TPSA) is 86.3 Å². The van der Waals surface area contributed by atoms with Crippen molar-refractivity contribution in [1.29, 1.82) is 0 Å². The molecule has 4 rings (SSSR count). The molecule has 2 saturated heterocycles. The first-order chi connectivity index (χ1) is 17.9. The molecule has 0 aliphatic carbocycles. The maximum atomic E-state index is 12.8. The molecule has 0 unspecified atom stereocenters. The first-order valence-corrected chi connectivity index (χ1v) is 13.8. The monoisotopic (exact) mass is 528 g/mol. The SMILES string of the molecule is CNC(=O)COc1cccc2c1O[C@@](C)(CCC=C(C)C)[C@H]1C[C@H]3CN(C(=O)OC(C)(C)C)CC[C@@H]3O[C@H]21. The summed E-state index contributed by atoms with van der Waals surface area (Å²) in [5.74, 6) is 1.34. The minimum absolute atomic E-state index is 0.0540. The van der Waals surface area contributed by atoms with Gasteiger partial charge < -0.3 is 29.2 Å². The summed E-state index contributed by atoms with van der Waals surface area (Å²) in [5.41, 5.74) is 1.22. The summed E-state index contributed by atoms with van der Waals surface area (Å²) in [7, 11) is 1.59. The van der Waals surface area contributed by atoms with Gasteiger partial charge >= 0.3 is 6.09 Å². The average molecular weight is 529 g/mol. The molecule has 2 fully saturated rings. The summed E-state index contributed by atoms with van der Waals surface area (Å²) >= 11 is 0. The standard InChI is InChI=1S/C30H44N2O6/c1-19(2)10-9-14-30(6)22-16-20-17-32(28(34)38-29(3,4)5)15-13-23(20)36-26(22)21-11-8-12-24(27(21)37-30)35-18-25(33)31-7/h8,10-12,20,22-23,26H,9,13-18H2,1-7H3,(H,31,33)/t20-,22-,23-,26+,30-/m0/s1. The van der Waals surface area contributed by atoms with Crippen molar-refractivity contribution in [2.24, 2.45) is 11.8 Å². The smallest absolute Gasteiger partial charge is 0.410 e. The summed E-state index contributed by atoms with van der Waals surface area (Å²) in [6.45, 7) is 13.2. The maximum Gasteiger partial charge on any atom is 0.410 e. The van der Waals surface area contributed by atoms with E-state index in [1.807, 2.05) is 43.9 Å². The number of carbonyl (C=O) groups excluding carboxylic acids is 2. The van der Waals surface area contributed by atoms with Crippen LogP contribution >= 0.6 is 0 Å². The minimum Gasteiger partial charge on any atom is -0.483 e. The zero-order chi connectivity index (χ0) is 27.7. The average Bonchev–Trinajstić information content (AvgIpc) is 2.85. The van der Waals surface area contributed by atoms with E-state index in [0.717, 1.165) is 31.2 Å². The maximum absolute atomic E-state index is 12.8. The lowest BCUT2D eigenvalue weighted by molar-refractivity contribution is -0.191. The summed E-state index contributed by atoms with van der Waals surface area (Å²) < 4.78 is 25.2. The van der Waals surface area contributed by atoms with E-state index in [1.165, 1.54) is 5.57 Å². The Labute approximate surface area is 227 Å². The van der Waals surface area contributed by atoms with Gasteiger partial charge in [-0.05, 0) is 73.3 Å². The Kier molecular flexibility index (Phi) is 8.31. The highest BCUT2D eigenvalue weighted by Gasteiger charge is 2.54. The Balaban J connectivity index is 1.61. The van der Waals surface area contributed by atoms with Gasteiger partial charge in [0.1, 0.15) is 11.2 Å². The van der Waals surface area contributed by atoms with Gasteiger partial charge in [0.15, 0.2) is 18.1 Å². The van der Waals surface area contributed by atoms with Gasteiger partial charge in [0, 0.05) is 37.5 Å². The second kappa shape index (κ2) is 11.2. The number of para-hydroxylation sites is 1. The number of carbonyl (C=O) groups is 2. The molecule has 3 aliphatic heterocycles. The molecule has 8 nitrogen and oxygen atoms in total. The summed E-state index contributed by atoms with van der Waals surface area (Å²) in [6, 6.07) is 5.83. The molecule has 0 radical (unpaired) electrons. The number of benzene rings is 1. The fourth-order valence-corrected chi connectivity index (χ4v) is 5.89. The van der Waals surface area contributed by atoms with E-state index in [1.54, 1.807) is 7.05 Å². The van der Waals surface area contributed by atoms with E-state index in [9.17, 15) is 9.59 Å². The first-order valence-electron chi connectivity index (χ1n) is 13.8. The van der Waals surface area contributed by atoms with E-state index in [0.29, 0.717) is 24.6 Å². The normalized spacial score (nSPS) is 28.1. The number of allylic oxidation sites excluding steroid dienone is 2. The molecule has 210 valence electrons. The van der Waals surface area contributed by atoms with Crippen LogP contribution in [0.25, 0.3) is 0 Å². The van der Waals surface area contributed by atoms with Gasteiger partial charge in [-0.3, -0.25) is 4.79 Å². The number of nitrogens with zero attached hydrogens (tertiary/aromatic N) is 1. The van der Waals surface area contributed by atoms with Crippen molar-refractivity contribution in [2.45, 2.75) is 90.6 Å². The minimum atomic E-state index is -0.524. The number of piperidine rings is 1. The molecule has 0 spiro atoms. The molecule has 3 aliphatic rings. The predicted molar refractivity (Wildman–Crippen MR) is 145 cm³/mol. The van der Waals surface area contributed by atoms with Crippen LogP contribution in [-0.2, 0) is 14.3 Å². The molecule has 5 atom stereocenters. The highest BCUT2D eigenvalue weighted by Crippen LogP contribution is 2.56. The number of hydrogen-bond acceptors (Lipinski definition) is 6. The fraction of sp³-hybridized carbons (Fsp3) is 0.667. The highest BCUT2D eigenvalue weighted by molar-refractivity contribution is 5.77. The zero-order valence-corrected chi connectivity index (χ0v) is 24.0. The van der Waals surface area contributed by atoms with Crippen LogP contribution < -0.4 is 14.8 Å². The Morgan fingerprint density at radius 2 is 2.03 bits per heavy atom. The Bertz CT molecular complexity index is 1060. The van der Waals surface area contributed by atoms with E-state index in [4.69, 9.17) is 18.9 Å². The van der Waals surface area contributed by atoms with E-state index in [-0.39, 0.29) is 42.7 Å². The van der Waals surface area contributed by atoms with Crippen molar-refractivity contribution in [3.05, 3.63) is 35.4 Å². The quantitative estimate of drug-likeness (QED) is 0.497. The van der Waals surface area contributed by atoms with E-state index in [2.05, 4.69) is 32.2 Å². The molecule has 0 saturated carbocycles. The van der Waals surface area contributed by atoms with Gasteiger partial charge in [-0.15, -0.1) is 0 Å². The number of rotatable bonds is 6. The van der Waals surface area contributed by atoms with Crippen LogP contribution in [0, 0.1) is 11.8 Å². The Hall–Kier alpha value is -2.74. The molecule has 2 amide bonds. The third-order valence-corrected chi connectivity index (χ3v) is 7.83. The van der Waals surface area contributed by atoms with Crippen molar-refractivity contribution >= 4 is 12.0 Å². The molecule has 3 heterocycles. The molecule has 38 heavy (non-hydrogen) atoms. The first kappa shape index (κ1) is 28.3. The van der Waals surface area contributed by atoms with Crippen molar-refractivity contribution in [2.75, 3.05) is 26.7 Å². The zero-order valence-electron chi connectivity index (χ0n) is 24.0. The summed E-state index contributed by atoms with van der Waals surface area (Å²) in [4.78, 5) is 26.5. The Morgan fingerprint density at radius 1 is 1.26 bits per heavy atom. The summed E-state index contributed by atoms with van der Waals surface area (Å²) in [5, 5.41) is 2.60. The van der Waals surface area contributed by atoms with Crippen LogP contribution in [-0.4, -0.2) is 61.0 Å². The van der Waals surface area contributed by atoms with Gasteiger partial charge in [-0.1, -0.05) is 23.8 Å². The van der Waals surface area contributed by atoms with Crippen molar-refractivity contribution < 1.29 is 28.5 Å². The molecular weight excluding hydrogens is 484 g/mol. The van der Waals surface area contributed by atoms with Gasteiger partial charge in [0.2, 0.25) is 0 Å². The molecule has 8 heteroatoms. The van der Waals surface area contributed by atoms with Gasteiger partial charge in [-0.25, -0.2) is 4.79 Å². The molecule has 1 aromatic carbocycles. The van der Waals surface area contributed by atoms with Crippen LogP contribution in [0.15, 0.2) is 29.8 Å². The van der Waals surface area contributed by atoms with Crippen LogP contribution in [0.1, 0.15) is 78.9 Å². The molecular formula is C30H44N2O6. The van der Waals surface area contributed by atoms with E-state index >= 15 is 0 Å². The lowest BCUT2D eigenvalue weighted by Crippen LogP contribution is -2.57. The molecule has 0 aromatic heterocycles. The Morgan fingerprint density at radius 3 is 2.71 bits per heavy atom. The number of nitrogens with one attached hydrogen (secondary N) is 1. The van der Waals surface area contributed by atoms with Gasteiger partial charge in [0.25, 0.3) is 5.91 Å². The third-order valence-electron chi connectivity index (χ3n) is 7.83.